The van der Waals surface area contributed by atoms with E-state index in [0.717, 1.165) is 11.6 Å². The lowest BCUT2D eigenvalue weighted by atomic mass is 10.1. The number of hydrogen-bond acceptors (Lipinski definition) is 2. The standard InChI is InChI=1S/C14H12ClFN2O/c1-8-2-3-12(13(17)4-8)14(19)18-11-6-9(15)5-10(16)7-11/h2-7H,17H2,1H3,(H,18,19). The van der Waals surface area contributed by atoms with Crippen LogP contribution in [0.2, 0.25) is 5.02 Å². The van der Waals surface area contributed by atoms with Crippen LogP contribution in [0.5, 0.6) is 0 Å². The molecule has 0 aromatic heterocycles. The summed E-state index contributed by atoms with van der Waals surface area (Å²) in [6, 6.07) is 8.93. The van der Waals surface area contributed by atoms with Crippen LogP contribution in [0.3, 0.4) is 0 Å². The van der Waals surface area contributed by atoms with Crippen LogP contribution in [-0.2, 0) is 0 Å². The van der Waals surface area contributed by atoms with E-state index in [2.05, 4.69) is 5.32 Å². The Kier molecular flexibility index (Phi) is 3.71. The molecule has 1 amide bonds. The molecule has 0 heterocycles. The number of rotatable bonds is 2. The van der Waals surface area contributed by atoms with Crippen LogP contribution in [0.15, 0.2) is 36.4 Å². The lowest BCUT2D eigenvalue weighted by Gasteiger charge is -2.08. The van der Waals surface area contributed by atoms with Crippen LogP contribution in [0.4, 0.5) is 15.8 Å². The summed E-state index contributed by atoms with van der Waals surface area (Å²) in [7, 11) is 0. The maximum absolute atomic E-state index is 13.2. The molecule has 2 rings (SSSR count). The molecule has 3 nitrogen and oxygen atoms in total. The highest BCUT2D eigenvalue weighted by Crippen LogP contribution is 2.20. The van der Waals surface area contributed by atoms with Crippen LogP contribution in [0.1, 0.15) is 15.9 Å². The second-order valence-electron chi connectivity index (χ2n) is 4.20. The van der Waals surface area contributed by atoms with Crippen molar-refractivity contribution in [3.63, 3.8) is 0 Å². The highest BCUT2D eigenvalue weighted by Gasteiger charge is 2.10. The van der Waals surface area contributed by atoms with Crippen LogP contribution in [0.25, 0.3) is 0 Å². The topological polar surface area (TPSA) is 55.1 Å². The van der Waals surface area contributed by atoms with Crippen LogP contribution >= 0.6 is 11.6 Å². The molecule has 0 fully saturated rings. The van der Waals surface area contributed by atoms with E-state index in [4.69, 9.17) is 17.3 Å². The van der Waals surface area contributed by atoms with Crippen molar-refractivity contribution in [2.75, 3.05) is 11.1 Å². The minimum Gasteiger partial charge on any atom is -0.398 e. The van der Waals surface area contributed by atoms with E-state index in [-0.39, 0.29) is 10.7 Å². The van der Waals surface area contributed by atoms with Gasteiger partial charge in [0, 0.05) is 16.4 Å². The number of nitrogens with two attached hydrogens (primary N) is 1. The highest BCUT2D eigenvalue weighted by molar-refractivity contribution is 6.31. The summed E-state index contributed by atoms with van der Waals surface area (Å²) in [5.74, 6) is -0.918. The van der Waals surface area contributed by atoms with E-state index in [1.807, 2.05) is 6.92 Å². The van der Waals surface area contributed by atoms with E-state index in [1.54, 1.807) is 18.2 Å². The van der Waals surface area contributed by atoms with Gasteiger partial charge < -0.3 is 11.1 Å². The Morgan fingerprint density at radius 3 is 2.63 bits per heavy atom. The molecule has 5 heteroatoms. The van der Waals surface area contributed by atoms with Gasteiger partial charge in [0.05, 0.1) is 5.56 Å². The minimum absolute atomic E-state index is 0.215. The van der Waals surface area contributed by atoms with Gasteiger partial charge in [0.15, 0.2) is 0 Å². The summed E-state index contributed by atoms with van der Waals surface area (Å²) in [4.78, 5) is 12.0. The van der Waals surface area contributed by atoms with Gasteiger partial charge in [0.2, 0.25) is 0 Å². The zero-order valence-electron chi connectivity index (χ0n) is 10.2. The number of aryl methyl sites for hydroxylation is 1. The molecule has 0 aliphatic heterocycles. The maximum Gasteiger partial charge on any atom is 0.257 e. The molecule has 0 aliphatic rings. The highest BCUT2D eigenvalue weighted by atomic mass is 35.5. The molecule has 2 aromatic rings. The van der Waals surface area contributed by atoms with Gasteiger partial charge in [0.1, 0.15) is 5.82 Å². The molecule has 0 radical (unpaired) electrons. The third-order valence-electron chi connectivity index (χ3n) is 2.57. The summed E-state index contributed by atoms with van der Waals surface area (Å²) in [5.41, 5.74) is 7.74. The van der Waals surface area contributed by atoms with Crippen LogP contribution in [-0.4, -0.2) is 5.91 Å². The largest absolute Gasteiger partial charge is 0.398 e. The van der Waals surface area contributed by atoms with E-state index in [0.29, 0.717) is 11.3 Å². The summed E-state index contributed by atoms with van der Waals surface area (Å²) >= 11 is 5.72. The fourth-order valence-corrected chi connectivity index (χ4v) is 1.94. The van der Waals surface area contributed by atoms with Crippen molar-refractivity contribution in [3.8, 4) is 0 Å². The Balaban J connectivity index is 2.25. The van der Waals surface area contributed by atoms with Crippen molar-refractivity contribution < 1.29 is 9.18 Å². The number of hydrogen-bond donors (Lipinski definition) is 2. The van der Waals surface area contributed by atoms with Gasteiger partial charge in [-0.15, -0.1) is 0 Å². The number of benzene rings is 2. The average molecular weight is 279 g/mol. The van der Waals surface area contributed by atoms with Crippen LogP contribution in [0, 0.1) is 12.7 Å². The molecule has 19 heavy (non-hydrogen) atoms. The normalized spacial score (nSPS) is 10.3. The van der Waals surface area contributed by atoms with Crippen molar-refractivity contribution in [1.82, 2.24) is 0 Å². The quantitative estimate of drug-likeness (QED) is 0.824. The molecule has 0 saturated heterocycles. The predicted molar refractivity (Wildman–Crippen MR) is 75.0 cm³/mol. The third-order valence-corrected chi connectivity index (χ3v) is 2.79. The van der Waals surface area contributed by atoms with Crippen molar-refractivity contribution in [2.24, 2.45) is 0 Å². The number of nitrogens with one attached hydrogen (secondary N) is 1. The molecular formula is C14H12ClFN2O. The monoisotopic (exact) mass is 278 g/mol. The van der Waals surface area contributed by atoms with E-state index in [1.165, 1.54) is 12.1 Å². The molecule has 0 unspecified atom stereocenters. The molecule has 0 aliphatic carbocycles. The lowest BCUT2D eigenvalue weighted by Crippen LogP contribution is -2.14. The number of nitrogen functional groups attached to an aromatic ring is 1. The second kappa shape index (κ2) is 5.28. The average Bonchev–Trinajstić information content (AvgIpc) is 2.26. The molecule has 0 atom stereocenters. The first-order chi connectivity index (χ1) is 8.95. The van der Waals surface area contributed by atoms with E-state index in [9.17, 15) is 9.18 Å². The Labute approximate surface area is 115 Å². The molecule has 2 aromatic carbocycles. The number of halogens is 2. The van der Waals surface area contributed by atoms with Gasteiger partial charge in [-0.3, -0.25) is 4.79 Å². The van der Waals surface area contributed by atoms with Crippen molar-refractivity contribution >= 4 is 28.9 Å². The summed E-state index contributed by atoms with van der Waals surface area (Å²) in [5, 5.41) is 2.77. The first-order valence-corrected chi connectivity index (χ1v) is 5.97. The zero-order chi connectivity index (χ0) is 14.0. The zero-order valence-corrected chi connectivity index (χ0v) is 11.0. The van der Waals surface area contributed by atoms with Gasteiger partial charge in [0.25, 0.3) is 5.91 Å². The predicted octanol–water partition coefficient (Wildman–Crippen LogP) is 3.62. The summed E-state index contributed by atoms with van der Waals surface area (Å²) in [6.07, 6.45) is 0. The third kappa shape index (κ3) is 3.23. The van der Waals surface area contributed by atoms with Crippen molar-refractivity contribution in [3.05, 3.63) is 58.4 Å². The molecular weight excluding hydrogens is 267 g/mol. The first kappa shape index (κ1) is 13.4. The Bertz CT molecular complexity index is 623. The minimum atomic E-state index is -0.514. The number of amides is 1. The fraction of sp³-hybridized carbons (Fsp3) is 0.0714. The van der Waals surface area contributed by atoms with E-state index < -0.39 is 11.7 Å². The Morgan fingerprint density at radius 2 is 2.00 bits per heavy atom. The van der Waals surface area contributed by atoms with Crippen LogP contribution < -0.4 is 11.1 Å². The number of carbonyl (C=O) groups is 1. The van der Waals surface area contributed by atoms with Gasteiger partial charge >= 0.3 is 0 Å². The van der Waals surface area contributed by atoms with E-state index >= 15 is 0 Å². The Morgan fingerprint density at radius 1 is 1.26 bits per heavy atom. The smallest absolute Gasteiger partial charge is 0.257 e. The molecule has 3 N–H and O–H groups in total. The number of carbonyl (C=O) groups excluding carboxylic acids is 1. The lowest BCUT2D eigenvalue weighted by molar-refractivity contribution is 0.102. The molecule has 0 bridgehead atoms. The molecule has 98 valence electrons. The van der Waals surface area contributed by atoms with Gasteiger partial charge in [-0.1, -0.05) is 17.7 Å². The maximum atomic E-state index is 13.2. The van der Waals surface area contributed by atoms with Gasteiger partial charge in [-0.2, -0.15) is 0 Å². The second-order valence-corrected chi connectivity index (χ2v) is 4.64. The first-order valence-electron chi connectivity index (χ1n) is 5.59. The molecule has 0 saturated carbocycles. The summed E-state index contributed by atoms with van der Waals surface area (Å²) in [6.45, 7) is 1.88. The fourth-order valence-electron chi connectivity index (χ4n) is 1.71. The van der Waals surface area contributed by atoms with Crippen molar-refractivity contribution in [2.45, 2.75) is 6.92 Å². The summed E-state index contributed by atoms with van der Waals surface area (Å²) < 4.78 is 13.2. The molecule has 0 spiro atoms. The van der Waals surface area contributed by atoms with Gasteiger partial charge in [-0.05, 0) is 42.8 Å². The van der Waals surface area contributed by atoms with Gasteiger partial charge in [-0.25, -0.2) is 4.39 Å². The van der Waals surface area contributed by atoms with Crippen molar-refractivity contribution in [1.29, 1.82) is 0 Å². The number of anilines is 2. The Hall–Kier alpha value is -2.07. The SMILES string of the molecule is Cc1ccc(C(=O)Nc2cc(F)cc(Cl)c2)c(N)c1.